The van der Waals surface area contributed by atoms with Crippen LogP contribution in [-0.4, -0.2) is 22.3 Å². The molecule has 0 atom stereocenters. The molecule has 16 heavy (non-hydrogen) atoms. The molecule has 0 saturated heterocycles. The molecule has 6 heteroatoms. The number of aromatic nitrogens is 3. The maximum absolute atomic E-state index is 11.1. The highest BCUT2D eigenvalue weighted by Gasteiger charge is 2.03. The Morgan fingerprint density at radius 3 is 2.75 bits per heavy atom. The van der Waals surface area contributed by atoms with Crippen molar-refractivity contribution < 1.29 is 4.74 Å². The largest absolute Gasteiger partial charge is 0.480 e. The summed E-state index contributed by atoms with van der Waals surface area (Å²) in [5, 5.41) is 7.76. The van der Waals surface area contributed by atoms with Crippen molar-refractivity contribution in [3.05, 3.63) is 34.7 Å². The summed E-state index contributed by atoms with van der Waals surface area (Å²) in [6, 6.07) is 4.97. The Bertz CT molecular complexity index is 547. The van der Waals surface area contributed by atoms with E-state index in [0.29, 0.717) is 17.1 Å². The molecular formula is C10H10N4O2. The first-order valence-electron chi connectivity index (χ1n) is 4.57. The minimum absolute atomic E-state index is 0.148. The monoisotopic (exact) mass is 218 g/mol. The van der Waals surface area contributed by atoms with Gasteiger partial charge in [-0.15, -0.1) is 10.2 Å². The molecule has 6 nitrogen and oxygen atoms in total. The Hall–Kier alpha value is -2.37. The van der Waals surface area contributed by atoms with E-state index in [-0.39, 0.29) is 11.2 Å². The van der Waals surface area contributed by atoms with Crippen LogP contribution in [0.4, 0.5) is 5.69 Å². The summed E-state index contributed by atoms with van der Waals surface area (Å²) in [5.41, 5.74) is 6.65. The number of anilines is 1. The number of rotatable bonds is 2. The third kappa shape index (κ3) is 1.85. The average Bonchev–Trinajstić information content (AvgIpc) is 2.33. The molecule has 0 unspecified atom stereocenters. The van der Waals surface area contributed by atoms with Crippen LogP contribution in [0, 0.1) is 0 Å². The number of aromatic amines is 1. The molecule has 2 aromatic rings. The van der Waals surface area contributed by atoms with Crippen LogP contribution < -0.4 is 16.0 Å². The minimum Gasteiger partial charge on any atom is -0.480 e. The van der Waals surface area contributed by atoms with Gasteiger partial charge in [-0.3, -0.25) is 4.79 Å². The van der Waals surface area contributed by atoms with Crippen molar-refractivity contribution in [3.63, 3.8) is 0 Å². The second-order valence-corrected chi connectivity index (χ2v) is 3.13. The van der Waals surface area contributed by atoms with Gasteiger partial charge in [0, 0.05) is 17.8 Å². The third-order valence-electron chi connectivity index (χ3n) is 2.08. The van der Waals surface area contributed by atoms with E-state index in [0.717, 1.165) is 0 Å². The van der Waals surface area contributed by atoms with Crippen LogP contribution in [0.1, 0.15) is 0 Å². The zero-order chi connectivity index (χ0) is 11.5. The van der Waals surface area contributed by atoms with Gasteiger partial charge >= 0.3 is 0 Å². The Labute approximate surface area is 91.1 Å². The number of hydrogen-bond donors (Lipinski definition) is 2. The lowest BCUT2D eigenvalue weighted by molar-refractivity contribution is 0.392. The molecule has 0 aromatic carbocycles. The van der Waals surface area contributed by atoms with E-state index < -0.39 is 0 Å². The molecule has 2 rings (SSSR count). The molecule has 0 radical (unpaired) electrons. The number of methoxy groups -OCH3 is 1. The van der Waals surface area contributed by atoms with Gasteiger partial charge in [-0.1, -0.05) is 0 Å². The number of hydrogen-bond acceptors (Lipinski definition) is 5. The van der Waals surface area contributed by atoms with Gasteiger partial charge in [0.2, 0.25) is 5.88 Å². The van der Waals surface area contributed by atoms with Crippen LogP contribution in [0.3, 0.4) is 0 Å². The minimum atomic E-state index is -0.315. The summed E-state index contributed by atoms with van der Waals surface area (Å²) in [7, 11) is 1.52. The molecule has 82 valence electrons. The Balaban J connectivity index is 2.42. The molecule has 2 aromatic heterocycles. The summed E-state index contributed by atoms with van der Waals surface area (Å²) in [4.78, 5) is 13.6. The van der Waals surface area contributed by atoms with Gasteiger partial charge in [0.1, 0.15) is 0 Å². The Kier molecular flexibility index (Phi) is 2.55. The predicted molar refractivity (Wildman–Crippen MR) is 59.1 cm³/mol. The number of nitrogens with one attached hydrogen (secondary N) is 1. The molecule has 0 aliphatic heterocycles. The number of pyridine rings is 1. The molecule has 0 amide bonds. The quantitative estimate of drug-likeness (QED) is 0.762. The van der Waals surface area contributed by atoms with E-state index >= 15 is 0 Å². The normalized spacial score (nSPS) is 10.1. The van der Waals surface area contributed by atoms with Crippen LogP contribution in [-0.2, 0) is 0 Å². The van der Waals surface area contributed by atoms with E-state index in [4.69, 9.17) is 10.5 Å². The smallest absolute Gasteiger partial charge is 0.271 e. The number of nitrogens with zero attached hydrogens (tertiary/aromatic N) is 2. The van der Waals surface area contributed by atoms with Crippen LogP contribution in [0.5, 0.6) is 5.88 Å². The molecule has 0 bridgehead atoms. The van der Waals surface area contributed by atoms with Gasteiger partial charge in [-0.25, -0.2) is 0 Å². The number of ether oxygens (including phenoxy) is 1. The Morgan fingerprint density at radius 2 is 2.19 bits per heavy atom. The fraction of sp³-hybridized carbons (Fsp3) is 0.100. The topological polar surface area (TPSA) is 93.9 Å². The van der Waals surface area contributed by atoms with Crippen molar-refractivity contribution in [1.29, 1.82) is 0 Å². The standard InChI is InChI=1S/C10H10N4O2/c1-16-9-3-2-8(13-14-9)6-4-7(11)10(15)12-5-6/h2-5H,11H2,1H3,(H,12,15). The molecule has 0 saturated carbocycles. The number of nitrogens with two attached hydrogens (primary N) is 1. The lowest BCUT2D eigenvalue weighted by Gasteiger charge is -2.01. The van der Waals surface area contributed by atoms with E-state index in [1.54, 1.807) is 18.2 Å². The molecular weight excluding hydrogens is 208 g/mol. The van der Waals surface area contributed by atoms with Crippen LogP contribution >= 0.6 is 0 Å². The molecule has 2 heterocycles. The lowest BCUT2D eigenvalue weighted by Crippen LogP contribution is -2.10. The van der Waals surface area contributed by atoms with Crippen molar-refractivity contribution in [3.8, 4) is 17.1 Å². The van der Waals surface area contributed by atoms with Gasteiger partial charge in [0.15, 0.2) is 0 Å². The van der Waals surface area contributed by atoms with Crippen LogP contribution in [0.15, 0.2) is 29.2 Å². The summed E-state index contributed by atoms with van der Waals surface area (Å²) in [6.45, 7) is 0. The zero-order valence-electron chi connectivity index (χ0n) is 8.60. The average molecular weight is 218 g/mol. The van der Waals surface area contributed by atoms with E-state index in [1.807, 2.05) is 0 Å². The van der Waals surface area contributed by atoms with Gasteiger partial charge < -0.3 is 15.5 Å². The summed E-state index contributed by atoms with van der Waals surface area (Å²) in [5.74, 6) is 0.432. The molecule has 0 fully saturated rings. The maximum atomic E-state index is 11.1. The number of nitrogen functional groups attached to an aromatic ring is 1. The summed E-state index contributed by atoms with van der Waals surface area (Å²) < 4.78 is 4.89. The van der Waals surface area contributed by atoms with Crippen LogP contribution in [0.25, 0.3) is 11.3 Å². The van der Waals surface area contributed by atoms with E-state index in [9.17, 15) is 4.79 Å². The Morgan fingerprint density at radius 1 is 1.38 bits per heavy atom. The van der Waals surface area contributed by atoms with Gasteiger partial charge in [-0.2, -0.15) is 0 Å². The maximum Gasteiger partial charge on any atom is 0.271 e. The molecule has 0 aliphatic rings. The first kappa shape index (κ1) is 10.2. The summed E-state index contributed by atoms with van der Waals surface area (Å²) in [6.07, 6.45) is 1.54. The highest BCUT2D eigenvalue weighted by atomic mass is 16.5. The van der Waals surface area contributed by atoms with Crippen molar-refractivity contribution in [1.82, 2.24) is 15.2 Å². The second kappa shape index (κ2) is 4.01. The third-order valence-corrected chi connectivity index (χ3v) is 2.08. The number of H-pyrrole nitrogens is 1. The van der Waals surface area contributed by atoms with Gasteiger partial charge in [-0.05, 0) is 12.1 Å². The van der Waals surface area contributed by atoms with Crippen molar-refractivity contribution in [2.45, 2.75) is 0 Å². The molecule has 0 spiro atoms. The highest BCUT2D eigenvalue weighted by Crippen LogP contribution is 2.16. The van der Waals surface area contributed by atoms with Crippen molar-refractivity contribution in [2.24, 2.45) is 0 Å². The summed E-state index contributed by atoms with van der Waals surface area (Å²) >= 11 is 0. The fourth-order valence-corrected chi connectivity index (χ4v) is 1.23. The first-order chi connectivity index (χ1) is 7.70. The molecule has 0 aliphatic carbocycles. The lowest BCUT2D eigenvalue weighted by atomic mass is 10.2. The van der Waals surface area contributed by atoms with Gasteiger partial charge in [0.25, 0.3) is 5.56 Å². The van der Waals surface area contributed by atoms with Crippen molar-refractivity contribution >= 4 is 5.69 Å². The van der Waals surface area contributed by atoms with Gasteiger partial charge in [0.05, 0.1) is 18.5 Å². The van der Waals surface area contributed by atoms with Crippen LogP contribution in [0.2, 0.25) is 0 Å². The van der Waals surface area contributed by atoms with E-state index in [2.05, 4.69) is 15.2 Å². The second-order valence-electron chi connectivity index (χ2n) is 3.13. The zero-order valence-corrected chi connectivity index (χ0v) is 8.60. The SMILES string of the molecule is COc1ccc(-c2c[nH]c(=O)c(N)c2)nn1. The van der Waals surface area contributed by atoms with Crippen molar-refractivity contribution in [2.75, 3.05) is 12.8 Å². The fourth-order valence-electron chi connectivity index (χ4n) is 1.23. The molecule has 3 N–H and O–H groups in total. The highest BCUT2D eigenvalue weighted by molar-refractivity contribution is 5.61. The predicted octanol–water partition coefficient (Wildman–Crippen LogP) is 0.423. The van der Waals surface area contributed by atoms with E-state index in [1.165, 1.54) is 13.3 Å². The first-order valence-corrected chi connectivity index (χ1v) is 4.57.